The zero-order valence-corrected chi connectivity index (χ0v) is 6.88. The summed E-state index contributed by atoms with van der Waals surface area (Å²) in [4.78, 5) is 0. The second-order valence-electron chi connectivity index (χ2n) is 2.69. The lowest BCUT2D eigenvalue weighted by molar-refractivity contribution is 0.399. The lowest BCUT2D eigenvalue weighted by atomic mass is 10.3. The predicted octanol–water partition coefficient (Wildman–Crippen LogP) is 1.02. The average Bonchev–Trinajstić information content (AvgIpc) is 2.67. The van der Waals surface area contributed by atoms with Crippen LogP contribution < -0.4 is 0 Å². The quantitative estimate of drug-likeness (QED) is 0.535. The molecule has 2 N–H and O–H groups in total. The Morgan fingerprint density at radius 2 is 1.30 bits per heavy atom. The van der Waals surface area contributed by atoms with Gasteiger partial charge in [0.1, 0.15) is 0 Å². The molecule has 0 aromatic carbocycles. The molecule has 0 heterocycles. The second-order valence-corrected chi connectivity index (χ2v) is 2.69. The molecule has 0 saturated heterocycles. The number of hydrogen-bond donors (Lipinski definition) is 2. The fourth-order valence-electron chi connectivity index (χ4n) is 1.66. The first kappa shape index (κ1) is 9.92. The van der Waals surface area contributed by atoms with Gasteiger partial charge in [-0.05, 0) is 18.3 Å². The molecule has 2 aliphatic carbocycles. The first-order valence-corrected chi connectivity index (χ1v) is 3.86. The van der Waals surface area contributed by atoms with Crippen LogP contribution in [0.1, 0.15) is 25.7 Å². The van der Waals surface area contributed by atoms with Crippen LogP contribution in [0.5, 0.6) is 0 Å². The van der Waals surface area contributed by atoms with Crippen molar-refractivity contribution in [3.8, 4) is 0 Å². The van der Waals surface area contributed by atoms with Crippen LogP contribution in [0.3, 0.4) is 0 Å². The number of rotatable bonds is 0. The maximum absolute atomic E-state index is 7.00. The standard InChI is InChI=1S/C6H10.2CH4O/c1-2-5-4-6(5)3-1;2*1-2/h5-6H,1-4H2;2*2H,1H3. The zero-order chi connectivity index (χ0) is 7.98. The average molecular weight is 146 g/mol. The van der Waals surface area contributed by atoms with Gasteiger partial charge in [-0.15, -0.1) is 0 Å². The Hall–Kier alpha value is -0.0800. The molecule has 2 atom stereocenters. The summed E-state index contributed by atoms with van der Waals surface area (Å²) >= 11 is 0. The number of aliphatic hydroxyl groups is 2. The largest absolute Gasteiger partial charge is 0.400 e. The monoisotopic (exact) mass is 146 g/mol. The van der Waals surface area contributed by atoms with Crippen LogP contribution in [-0.2, 0) is 0 Å². The van der Waals surface area contributed by atoms with Crippen molar-refractivity contribution in [2.45, 2.75) is 25.7 Å². The van der Waals surface area contributed by atoms with E-state index < -0.39 is 0 Å². The lowest BCUT2D eigenvalue weighted by Gasteiger charge is -1.80. The highest BCUT2D eigenvalue weighted by Crippen LogP contribution is 2.51. The van der Waals surface area contributed by atoms with Gasteiger partial charge in [0, 0.05) is 14.2 Å². The molecule has 0 spiro atoms. The fraction of sp³-hybridized carbons (Fsp3) is 1.00. The molecule has 62 valence electrons. The minimum Gasteiger partial charge on any atom is -0.400 e. The van der Waals surface area contributed by atoms with Crippen molar-refractivity contribution in [1.82, 2.24) is 0 Å². The van der Waals surface area contributed by atoms with Crippen molar-refractivity contribution in [3.63, 3.8) is 0 Å². The molecular weight excluding hydrogens is 128 g/mol. The number of fused-ring (bicyclic) bond motifs is 1. The Balaban J connectivity index is 0.000000180. The van der Waals surface area contributed by atoms with Crippen LogP contribution in [0.25, 0.3) is 0 Å². The molecule has 2 aliphatic rings. The lowest BCUT2D eigenvalue weighted by Crippen LogP contribution is -1.64. The van der Waals surface area contributed by atoms with Crippen LogP contribution in [-0.4, -0.2) is 24.4 Å². The molecule has 0 aliphatic heterocycles. The summed E-state index contributed by atoms with van der Waals surface area (Å²) in [6, 6.07) is 0. The summed E-state index contributed by atoms with van der Waals surface area (Å²) in [5.41, 5.74) is 0. The van der Waals surface area contributed by atoms with E-state index in [1.54, 1.807) is 19.3 Å². The first-order chi connectivity index (χ1) is 4.97. The number of hydrogen-bond acceptors (Lipinski definition) is 2. The molecule has 0 aromatic heterocycles. The minimum atomic E-state index is 1.00. The van der Waals surface area contributed by atoms with Crippen molar-refractivity contribution >= 4 is 0 Å². The third-order valence-electron chi connectivity index (χ3n) is 2.22. The topological polar surface area (TPSA) is 40.5 Å². The van der Waals surface area contributed by atoms with Gasteiger partial charge in [0.25, 0.3) is 0 Å². The van der Waals surface area contributed by atoms with E-state index in [0.29, 0.717) is 0 Å². The second kappa shape index (κ2) is 5.69. The van der Waals surface area contributed by atoms with Crippen molar-refractivity contribution in [1.29, 1.82) is 0 Å². The van der Waals surface area contributed by atoms with E-state index in [4.69, 9.17) is 10.2 Å². The molecule has 2 fully saturated rings. The highest BCUT2D eigenvalue weighted by atomic mass is 16.2. The molecule has 2 unspecified atom stereocenters. The molecule has 0 radical (unpaired) electrons. The first-order valence-electron chi connectivity index (χ1n) is 3.86. The summed E-state index contributed by atoms with van der Waals surface area (Å²) in [5.74, 6) is 2.43. The molecule has 2 saturated carbocycles. The Morgan fingerprint density at radius 1 is 0.900 bits per heavy atom. The van der Waals surface area contributed by atoms with E-state index in [1.165, 1.54) is 18.3 Å². The third kappa shape index (κ3) is 2.67. The van der Waals surface area contributed by atoms with Crippen molar-refractivity contribution in [2.24, 2.45) is 11.8 Å². The van der Waals surface area contributed by atoms with E-state index in [0.717, 1.165) is 14.2 Å². The molecular formula is C8H18O2. The number of aliphatic hydroxyl groups excluding tert-OH is 2. The Bertz CT molecular complexity index is 65.7. The SMILES string of the molecule is C1CC2CC2C1.CO.CO. The minimum absolute atomic E-state index is 1.00. The summed E-state index contributed by atoms with van der Waals surface area (Å²) in [6.45, 7) is 0. The van der Waals surface area contributed by atoms with Crippen molar-refractivity contribution < 1.29 is 10.2 Å². The summed E-state index contributed by atoms with van der Waals surface area (Å²) < 4.78 is 0. The van der Waals surface area contributed by atoms with Gasteiger partial charge >= 0.3 is 0 Å². The van der Waals surface area contributed by atoms with Crippen LogP contribution in [0, 0.1) is 11.8 Å². The van der Waals surface area contributed by atoms with E-state index >= 15 is 0 Å². The fourth-order valence-corrected chi connectivity index (χ4v) is 1.66. The van der Waals surface area contributed by atoms with Gasteiger partial charge in [-0.3, -0.25) is 0 Å². The Morgan fingerprint density at radius 3 is 1.40 bits per heavy atom. The van der Waals surface area contributed by atoms with Gasteiger partial charge in [0.2, 0.25) is 0 Å². The molecule has 0 amide bonds. The summed E-state index contributed by atoms with van der Waals surface area (Å²) in [6.07, 6.45) is 6.24. The zero-order valence-electron chi connectivity index (χ0n) is 6.88. The molecule has 2 heteroatoms. The van der Waals surface area contributed by atoms with Gasteiger partial charge < -0.3 is 10.2 Å². The highest BCUT2D eigenvalue weighted by Gasteiger charge is 2.40. The Kier molecular flexibility index (Phi) is 5.64. The normalized spacial score (nSPS) is 32.4. The van der Waals surface area contributed by atoms with Crippen molar-refractivity contribution in [2.75, 3.05) is 14.2 Å². The molecule has 2 nitrogen and oxygen atoms in total. The molecule has 0 aromatic rings. The molecule has 2 rings (SSSR count). The summed E-state index contributed by atoms with van der Waals surface area (Å²) in [5, 5.41) is 14.0. The summed E-state index contributed by atoms with van der Waals surface area (Å²) in [7, 11) is 2.00. The van der Waals surface area contributed by atoms with Crippen LogP contribution >= 0.6 is 0 Å². The van der Waals surface area contributed by atoms with Crippen LogP contribution in [0.4, 0.5) is 0 Å². The molecule has 0 bridgehead atoms. The van der Waals surface area contributed by atoms with Gasteiger partial charge in [-0.2, -0.15) is 0 Å². The van der Waals surface area contributed by atoms with Crippen LogP contribution in [0.15, 0.2) is 0 Å². The maximum atomic E-state index is 7.00. The third-order valence-corrected chi connectivity index (χ3v) is 2.22. The Labute approximate surface area is 62.9 Å². The van der Waals surface area contributed by atoms with Crippen LogP contribution in [0.2, 0.25) is 0 Å². The van der Waals surface area contributed by atoms with Gasteiger partial charge in [-0.1, -0.05) is 19.3 Å². The van der Waals surface area contributed by atoms with Gasteiger partial charge in [0.05, 0.1) is 0 Å². The van der Waals surface area contributed by atoms with Gasteiger partial charge in [-0.25, -0.2) is 0 Å². The van der Waals surface area contributed by atoms with E-state index in [2.05, 4.69) is 0 Å². The van der Waals surface area contributed by atoms with E-state index in [9.17, 15) is 0 Å². The smallest absolute Gasteiger partial charge is 0.0319 e. The predicted molar refractivity (Wildman–Crippen MR) is 41.7 cm³/mol. The van der Waals surface area contributed by atoms with Crippen molar-refractivity contribution in [3.05, 3.63) is 0 Å². The molecule has 10 heavy (non-hydrogen) atoms. The van der Waals surface area contributed by atoms with E-state index in [1.807, 2.05) is 0 Å². The van der Waals surface area contributed by atoms with E-state index in [-0.39, 0.29) is 0 Å². The highest BCUT2D eigenvalue weighted by molar-refractivity contribution is 4.91. The van der Waals surface area contributed by atoms with Gasteiger partial charge in [0.15, 0.2) is 0 Å². The maximum Gasteiger partial charge on any atom is 0.0319 e.